The number of benzene rings is 1. The van der Waals surface area contributed by atoms with Crippen LogP contribution in [0.3, 0.4) is 0 Å². The number of aryl methyl sites for hydroxylation is 1. The Morgan fingerprint density at radius 2 is 2.00 bits per heavy atom. The van der Waals surface area contributed by atoms with E-state index in [0.29, 0.717) is 6.54 Å². The van der Waals surface area contributed by atoms with Gasteiger partial charge in [0.2, 0.25) is 0 Å². The summed E-state index contributed by atoms with van der Waals surface area (Å²) in [5.41, 5.74) is 2.30. The first-order valence-electron chi connectivity index (χ1n) is 10.1. The average molecular weight is 419 g/mol. The van der Waals surface area contributed by atoms with E-state index in [-0.39, 0.29) is 0 Å². The lowest BCUT2D eigenvalue weighted by Crippen LogP contribution is -2.45. The molecule has 0 bridgehead atoms. The van der Waals surface area contributed by atoms with Gasteiger partial charge in [0, 0.05) is 75.6 Å². The maximum Gasteiger partial charge on any atom is 0.191 e. The van der Waals surface area contributed by atoms with Crippen LogP contribution in [0.5, 0.6) is 0 Å². The first-order valence-corrected chi connectivity index (χ1v) is 10.5. The van der Waals surface area contributed by atoms with Crippen LogP contribution in [0.1, 0.15) is 18.3 Å². The van der Waals surface area contributed by atoms with Crippen molar-refractivity contribution < 1.29 is 0 Å². The third-order valence-electron chi connectivity index (χ3n) is 5.25. The van der Waals surface area contributed by atoms with E-state index in [2.05, 4.69) is 60.2 Å². The average Bonchev–Trinajstić information content (AvgIpc) is 3.19. The normalized spacial score (nSPS) is 15.6. The summed E-state index contributed by atoms with van der Waals surface area (Å²) >= 11 is 6.55. The molecule has 0 unspecified atom stereocenters. The number of hydrogen-bond acceptors (Lipinski definition) is 5. The molecule has 2 heterocycles. The van der Waals surface area contributed by atoms with Crippen molar-refractivity contribution in [3.05, 3.63) is 40.9 Å². The van der Waals surface area contributed by atoms with E-state index in [4.69, 9.17) is 11.6 Å². The van der Waals surface area contributed by atoms with Gasteiger partial charge in [-0.3, -0.25) is 4.99 Å². The molecule has 2 aromatic rings. The molecule has 1 saturated heterocycles. The summed E-state index contributed by atoms with van der Waals surface area (Å²) in [4.78, 5) is 9.10. The van der Waals surface area contributed by atoms with E-state index in [9.17, 15) is 0 Å². The molecule has 1 aliphatic rings. The number of guanidine groups is 1. The van der Waals surface area contributed by atoms with E-state index in [1.165, 1.54) is 5.69 Å². The van der Waals surface area contributed by atoms with E-state index < -0.39 is 0 Å². The number of hydrogen-bond donors (Lipinski definition) is 2. The van der Waals surface area contributed by atoms with Crippen LogP contribution in [0.25, 0.3) is 0 Å². The molecule has 0 radical (unpaired) electrons. The summed E-state index contributed by atoms with van der Waals surface area (Å²) in [5.74, 6) is 1.74. The number of piperazine rings is 1. The van der Waals surface area contributed by atoms with Crippen LogP contribution in [-0.2, 0) is 19.5 Å². The zero-order valence-corrected chi connectivity index (χ0v) is 18.3. The molecule has 0 saturated carbocycles. The Hall–Kier alpha value is -2.32. The second-order valence-corrected chi connectivity index (χ2v) is 7.58. The molecule has 1 aromatic carbocycles. The monoisotopic (exact) mass is 418 g/mol. The van der Waals surface area contributed by atoms with Gasteiger partial charge in [0.1, 0.15) is 12.2 Å². The van der Waals surface area contributed by atoms with Crippen LogP contribution in [0.15, 0.2) is 29.5 Å². The van der Waals surface area contributed by atoms with Crippen molar-refractivity contribution >= 4 is 23.2 Å². The fourth-order valence-electron chi connectivity index (χ4n) is 3.49. The number of aliphatic imine (C=N–C) groups is 1. The largest absolute Gasteiger partial charge is 0.369 e. The summed E-state index contributed by atoms with van der Waals surface area (Å²) in [6.45, 7) is 8.36. The molecule has 29 heavy (non-hydrogen) atoms. The molecular formula is C20H31ClN8. The molecule has 1 aliphatic heterocycles. The Balaban J connectivity index is 1.58. The number of nitrogens with one attached hydrogen (secondary N) is 2. The van der Waals surface area contributed by atoms with Crippen molar-refractivity contribution in [1.82, 2.24) is 30.3 Å². The zero-order valence-electron chi connectivity index (χ0n) is 17.5. The van der Waals surface area contributed by atoms with E-state index in [1.807, 2.05) is 12.1 Å². The quantitative estimate of drug-likeness (QED) is 0.525. The third kappa shape index (κ3) is 5.61. The van der Waals surface area contributed by atoms with Crippen molar-refractivity contribution in [2.45, 2.75) is 26.4 Å². The van der Waals surface area contributed by atoms with Crippen LogP contribution < -0.4 is 15.5 Å². The smallest absolute Gasteiger partial charge is 0.191 e. The fraction of sp³-hybridized carbons (Fsp3) is 0.550. The Labute approximate surface area is 178 Å². The predicted molar refractivity (Wildman–Crippen MR) is 119 cm³/mol. The van der Waals surface area contributed by atoms with Crippen molar-refractivity contribution in [3.63, 3.8) is 0 Å². The maximum atomic E-state index is 6.55. The number of anilines is 1. The third-order valence-corrected chi connectivity index (χ3v) is 5.61. The second kappa shape index (κ2) is 10.5. The number of halogens is 1. The lowest BCUT2D eigenvalue weighted by molar-refractivity contribution is 0.312. The lowest BCUT2D eigenvalue weighted by atomic mass is 10.1. The van der Waals surface area contributed by atoms with E-state index >= 15 is 0 Å². The highest BCUT2D eigenvalue weighted by molar-refractivity contribution is 6.31. The molecule has 0 spiro atoms. The summed E-state index contributed by atoms with van der Waals surface area (Å²) in [5, 5.41) is 15.6. The van der Waals surface area contributed by atoms with Gasteiger partial charge in [-0.1, -0.05) is 24.6 Å². The first-order chi connectivity index (χ1) is 14.1. The Morgan fingerprint density at radius 1 is 1.21 bits per heavy atom. The van der Waals surface area contributed by atoms with E-state index in [0.717, 1.165) is 68.1 Å². The number of likely N-dealkylation sites (N-methyl/N-ethyl adjacent to an activating group) is 1. The predicted octanol–water partition coefficient (Wildman–Crippen LogP) is 1.61. The molecule has 0 atom stereocenters. The molecule has 0 aliphatic carbocycles. The molecule has 1 aromatic heterocycles. The highest BCUT2D eigenvalue weighted by Gasteiger charge is 2.18. The van der Waals surface area contributed by atoms with Crippen LogP contribution in [0.2, 0.25) is 5.02 Å². The maximum absolute atomic E-state index is 6.55. The Kier molecular flexibility index (Phi) is 7.71. The van der Waals surface area contributed by atoms with Gasteiger partial charge >= 0.3 is 0 Å². The Bertz CT molecular complexity index is 811. The molecule has 2 N–H and O–H groups in total. The zero-order chi connectivity index (χ0) is 20.6. The van der Waals surface area contributed by atoms with E-state index in [1.54, 1.807) is 13.4 Å². The van der Waals surface area contributed by atoms with Crippen molar-refractivity contribution in [2.75, 3.05) is 51.7 Å². The van der Waals surface area contributed by atoms with Gasteiger partial charge in [-0.05, 0) is 19.2 Å². The minimum absolute atomic E-state index is 0.619. The van der Waals surface area contributed by atoms with Gasteiger partial charge in [0.15, 0.2) is 5.96 Å². The first kappa shape index (κ1) is 21.4. The molecule has 9 heteroatoms. The summed E-state index contributed by atoms with van der Waals surface area (Å²) < 4.78 is 2.06. The number of rotatable bonds is 7. The molecule has 8 nitrogen and oxygen atoms in total. The van der Waals surface area contributed by atoms with Crippen LogP contribution in [0.4, 0.5) is 5.69 Å². The summed E-state index contributed by atoms with van der Waals surface area (Å²) in [6, 6.07) is 6.13. The fourth-order valence-corrected chi connectivity index (χ4v) is 3.73. The Morgan fingerprint density at radius 3 is 2.72 bits per heavy atom. The highest BCUT2D eigenvalue weighted by Crippen LogP contribution is 2.28. The summed E-state index contributed by atoms with van der Waals surface area (Å²) in [6.07, 6.45) is 2.64. The molecule has 1 fully saturated rings. The molecule has 0 amide bonds. The topological polar surface area (TPSA) is 73.6 Å². The van der Waals surface area contributed by atoms with Crippen LogP contribution in [-0.4, -0.2) is 72.4 Å². The molecular weight excluding hydrogens is 388 g/mol. The van der Waals surface area contributed by atoms with Gasteiger partial charge in [-0.25, -0.2) is 0 Å². The van der Waals surface area contributed by atoms with Gasteiger partial charge in [-0.2, -0.15) is 0 Å². The van der Waals surface area contributed by atoms with Gasteiger partial charge < -0.3 is 25.0 Å². The molecule has 3 rings (SSSR count). The van der Waals surface area contributed by atoms with Gasteiger partial charge in [0.25, 0.3) is 0 Å². The minimum atomic E-state index is 0.619. The molecule has 158 valence electrons. The van der Waals surface area contributed by atoms with Crippen molar-refractivity contribution in [3.8, 4) is 0 Å². The van der Waals surface area contributed by atoms with Crippen LogP contribution >= 0.6 is 11.6 Å². The number of aromatic nitrogens is 3. The highest BCUT2D eigenvalue weighted by atomic mass is 35.5. The summed E-state index contributed by atoms with van der Waals surface area (Å²) in [7, 11) is 3.94. The number of nitrogens with zero attached hydrogens (tertiary/aromatic N) is 6. The van der Waals surface area contributed by atoms with Gasteiger partial charge in [0.05, 0.1) is 0 Å². The van der Waals surface area contributed by atoms with Crippen molar-refractivity contribution in [1.29, 1.82) is 0 Å². The van der Waals surface area contributed by atoms with Gasteiger partial charge in [-0.15, -0.1) is 10.2 Å². The van der Waals surface area contributed by atoms with Crippen molar-refractivity contribution in [2.24, 2.45) is 4.99 Å². The second-order valence-electron chi connectivity index (χ2n) is 7.17. The van der Waals surface area contributed by atoms with Crippen LogP contribution in [0, 0.1) is 0 Å². The lowest BCUT2D eigenvalue weighted by Gasteiger charge is -2.35. The SMILES string of the molecule is CCc1nncn1CCNC(=NC)NCc1c(Cl)cccc1N1CCN(C)CC1. The standard InChI is InChI=1S/C20H31ClN8/c1-4-19-26-25-15-29(19)9-8-23-20(22-2)24-14-16-17(21)6-5-7-18(16)28-12-10-27(3)11-13-28/h5-7,15H,4,8-14H2,1-3H3,(H2,22,23,24). The minimum Gasteiger partial charge on any atom is -0.369 e.